The molecule has 100 valence electrons. The SMILES string of the molecule is Cc1cccn2cc(COc3ccc(C=O)cc3)nc12. The second kappa shape index (κ2) is 5.17. The Bertz CT molecular complexity index is 745. The molecule has 20 heavy (non-hydrogen) atoms. The summed E-state index contributed by atoms with van der Waals surface area (Å²) in [4.78, 5) is 15.1. The Morgan fingerprint density at radius 3 is 2.75 bits per heavy atom. The first-order valence-corrected chi connectivity index (χ1v) is 6.37. The van der Waals surface area contributed by atoms with Crippen LogP contribution < -0.4 is 4.74 Å². The third kappa shape index (κ3) is 2.40. The van der Waals surface area contributed by atoms with Gasteiger partial charge in [0.05, 0.1) is 5.69 Å². The summed E-state index contributed by atoms with van der Waals surface area (Å²) in [6.07, 6.45) is 4.74. The maximum absolute atomic E-state index is 10.6. The van der Waals surface area contributed by atoms with Gasteiger partial charge in [0.1, 0.15) is 24.3 Å². The van der Waals surface area contributed by atoms with Crippen LogP contribution in [0.5, 0.6) is 5.75 Å². The fraction of sp³-hybridized carbons (Fsp3) is 0.125. The van der Waals surface area contributed by atoms with Gasteiger partial charge < -0.3 is 9.14 Å². The zero-order chi connectivity index (χ0) is 13.9. The monoisotopic (exact) mass is 266 g/mol. The lowest BCUT2D eigenvalue weighted by Crippen LogP contribution is -1.95. The van der Waals surface area contributed by atoms with E-state index in [0.29, 0.717) is 12.2 Å². The molecule has 0 radical (unpaired) electrons. The molecule has 0 saturated carbocycles. The Labute approximate surface area is 116 Å². The van der Waals surface area contributed by atoms with Crippen LogP contribution in [0.4, 0.5) is 0 Å². The van der Waals surface area contributed by atoms with Crippen LogP contribution in [0.2, 0.25) is 0 Å². The van der Waals surface area contributed by atoms with Crippen molar-refractivity contribution in [3.8, 4) is 5.75 Å². The van der Waals surface area contributed by atoms with Gasteiger partial charge in [-0.15, -0.1) is 0 Å². The normalized spacial score (nSPS) is 10.7. The van der Waals surface area contributed by atoms with E-state index in [1.807, 2.05) is 35.9 Å². The van der Waals surface area contributed by atoms with Crippen molar-refractivity contribution in [2.24, 2.45) is 0 Å². The minimum absolute atomic E-state index is 0.404. The number of pyridine rings is 1. The first-order chi connectivity index (χ1) is 9.76. The van der Waals surface area contributed by atoms with Gasteiger partial charge in [0.15, 0.2) is 0 Å². The number of rotatable bonds is 4. The summed E-state index contributed by atoms with van der Waals surface area (Å²) in [5.41, 5.74) is 3.59. The molecule has 2 heterocycles. The maximum Gasteiger partial charge on any atom is 0.150 e. The molecular weight excluding hydrogens is 252 g/mol. The number of aryl methyl sites for hydroxylation is 1. The molecule has 4 heteroatoms. The third-order valence-electron chi connectivity index (χ3n) is 3.13. The van der Waals surface area contributed by atoms with Crippen molar-refractivity contribution in [3.05, 3.63) is 65.6 Å². The molecule has 0 N–H and O–H groups in total. The van der Waals surface area contributed by atoms with Crippen molar-refractivity contribution >= 4 is 11.9 Å². The van der Waals surface area contributed by atoms with E-state index in [4.69, 9.17) is 4.74 Å². The van der Waals surface area contributed by atoms with Crippen molar-refractivity contribution in [2.75, 3.05) is 0 Å². The molecule has 0 bridgehead atoms. The topological polar surface area (TPSA) is 43.6 Å². The van der Waals surface area contributed by atoms with Gasteiger partial charge in [-0.1, -0.05) is 6.07 Å². The molecule has 0 unspecified atom stereocenters. The number of hydrogen-bond acceptors (Lipinski definition) is 3. The molecule has 0 aliphatic heterocycles. The van der Waals surface area contributed by atoms with E-state index < -0.39 is 0 Å². The van der Waals surface area contributed by atoms with E-state index in [-0.39, 0.29) is 0 Å². The molecule has 3 rings (SSSR count). The lowest BCUT2D eigenvalue weighted by Gasteiger charge is -2.03. The highest BCUT2D eigenvalue weighted by Gasteiger charge is 2.04. The van der Waals surface area contributed by atoms with Crippen molar-refractivity contribution in [1.82, 2.24) is 9.38 Å². The number of hydrogen-bond donors (Lipinski definition) is 0. The maximum atomic E-state index is 10.6. The molecule has 4 nitrogen and oxygen atoms in total. The van der Waals surface area contributed by atoms with E-state index in [1.165, 1.54) is 0 Å². The minimum Gasteiger partial charge on any atom is -0.487 e. The average Bonchev–Trinajstić information content (AvgIpc) is 2.90. The van der Waals surface area contributed by atoms with Crippen LogP contribution in [-0.4, -0.2) is 15.7 Å². The quantitative estimate of drug-likeness (QED) is 0.682. The van der Waals surface area contributed by atoms with Crippen molar-refractivity contribution in [2.45, 2.75) is 13.5 Å². The van der Waals surface area contributed by atoms with Crippen LogP contribution in [0.3, 0.4) is 0 Å². The van der Waals surface area contributed by atoms with Crippen molar-refractivity contribution < 1.29 is 9.53 Å². The molecule has 3 aromatic rings. The van der Waals surface area contributed by atoms with E-state index in [1.54, 1.807) is 24.3 Å². The van der Waals surface area contributed by atoms with Gasteiger partial charge in [-0.2, -0.15) is 0 Å². The summed E-state index contributed by atoms with van der Waals surface area (Å²) < 4.78 is 7.66. The number of ether oxygens (including phenoxy) is 1. The second-order valence-corrected chi connectivity index (χ2v) is 4.63. The standard InChI is InChI=1S/C16H14N2O2/c1-12-3-2-8-18-9-14(17-16(12)18)11-20-15-6-4-13(10-19)5-7-15/h2-10H,11H2,1H3. The van der Waals surface area contributed by atoms with Crippen LogP contribution in [0.1, 0.15) is 21.6 Å². The Kier molecular flexibility index (Phi) is 3.21. The summed E-state index contributed by atoms with van der Waals surface area (Å²) in [5, 5.41) is 0. The number of nitrogens with zero attached hydrogens (tertiary/aromatic N) is 2. The molecule has 1 aromatic carbocycles. The summed E-state index contributed by atoms with van der Waals surface area (Å²) in [6, 6.07) is 11.1. The highest BCUT2D eigenvalue weighted by Crippen LogP contribution is 2.15. The van der Waals surface area contributed by atoms with E-state index in [0.717, 1.165) is 28.9 Å². The largest absolute Gasteiger partial charge is 0.487 e. The van der Waals surface area contributed by atoms with E-state index in [9.17, 15) is 4.79 Å². The number of fused-ring (bicyclic) bond motifs is 1. The number of aldehydes is 1. The lowest BCUT2D eigenvalue weighted by atomic mass is 10.2. The van der Waals surface area contributed by atoms with Crippen LogP contribution in [0.15, 0.2) is 48.8 Å². The summed E-state index contributed by atoms with van der Waals surface area (Å²) in [7, 11) is 0. The van der Waals surface area contributed by atoms with Gasteiger partial charge in [0.2, 0.25) is 0 Å². The molecule has 0 amide bonds. The molecular formula is C16H14N2O2. The van der Waals surface area contributed by atoms with Gasteiger partial charge in [-0.05, 0) is 42.8 Å². The number of carbonyl (C=O) groups excluding carboxylic acids is 1. The predicted molar refractivity (Wildman–Crippen MR) is 76.1 cm³/mol. The van der Waals surface area contributed by atoms with Gasteiger partial charge in [0.25, 0.3) is 0 Å². The first kappa shape index (κ1) is 12.4. The first-order valence-electron chi connectivity index (χ1n) is 6.37. The third-order valence-corrected chi connectivity index (χ3v) is 3.13. The number of imidazole rings is 1. The Hall–Kier alpha value is -2.62. The molecule has 0 aliphatic rings. The molecule has 2 aromatic heterocycles. The molecule has 0 atom stereocenters. The zero-order valence-electron chi connectivity index (χ0n) is 11.1. The molecule has 0 aliphatic carbocycles. The van der Waals surface area contributed by atoms with Crippen molar-refractivity contribution in [3.63, 3.8) is 0 Å². The average molecular weight is 266 g/mol. The van der Waals surface area contributed by atoms with E-state index >= 15 is 0 Å². The zero-order valence-corrected chi connectivity index (χ0v) is 11.1. The van der Waals surface area contributed by atoms with Crippen LogP contribution in [-0.2, 0) is 6.61 Å². The smallest absolute Gasteiger partial charge is 0.150 e. The highest BCUT2D eigenvalue weighted by atomic mass is 16.5. The molecule has 0 spiro atoms. The Morgan fingerprint density at radius 2 is 2.05 bits per heavy atom. The van der Waals surface area contributed by atoms with Crippen molar-refractivity contribution in [1.29, 1.82) is 0 Å². The number of carbonyl (C=O) groups is 1. The minimum atomic E-state index is 0.404. The lowest BCUT2D eigenvalue weighted by molar-refractivity contribution is 0.112. The summed E-state index contributed by atoms with van der Waals surface area (Å²) >= 11 is 0. The van der Waals surface area contributed by atoms with Gasteiger partial charge in [-0.3, -0.25) is 4.79 Å². The van der Waals surface area contributed by atoms with E-state index in [2.05, 4.69) is 4.98 Å². The summed E-state index contributed by atoms with van der Waals surface area (Å²) in [6.45, 7) is 2.44. The Balaban J connectivity index is 1.76. The highest BCUT2D eigenvalue weighted by molar-refractivity contribution is 5.74. The number of aromatic nitrogens is 2. The second-order valence-electron chi connectivity index (χ2n) is 4.63. The van der Waals surface area contributed by atoms with Crippen LogP contribution in [0.25, 0.3) is 5.65 Å². The number of benzene rings is 1. The van der Waals surface area contributed by atoms with Gasteiger partial charge in [0, 0.05) is 18.0 Å². The van der Waals surface area contributed by atoms with Gasteiger partial charge >= 0.3 is 0 Å². The van der Waals surface area contributed by atoms with Crippen LogP contribution in [0, 0.1) is 6.92 Å². The fourth-order valence-corrected chi connectivity index (χ4v) is 2.07. The van der Waals surface area contributed by atoms with Gasteiger partial charge in [-0.25, -0.2) is 4.98 Å². The molecule has 0 saturated heterocycles. The Morgan fingerprint density at radius 1 is 1.25 bits per heavy atom. The summed E-state index contributed by atoms with van der Waals surface area (Å²) in [5.74, 6) is 0.726. The predicted octanol–water partition coefficient (Wildman–Crippen LogP) is 3.03. The van der Waals surface area contributed by atoms with Crippen LogP contribution >= 0.6 is 0 Å². The molecule has 0 fully saturated rings. The fourth-order valence-electron chi connectivity index (χ4n) is 2.07.